The van der Waals surface area contributed by atoms with Crippen LogP contribution in [0.3, 0.4) is 0 Å². The predicted octanol–water partition coefficient (Wildman–Crippen LogP) is 2.52. The van der Waals surface area contributed by atoms with Crippen LogP contribution >= 0.6 is 0 Å². The first-order valence-electron chi connectivity index (χ1n) is 5.56. The summed E-state index contributed by atoms with van der Waals surface area (Å²) < 4.78 is 31.9. The quantitative estimate of drug-likeness (QED) is 0.824. The summed E-state index contributed by atoms with van der Waals surface area (Å²) in [6.45, 7) is 2.56. The van der Waals surface area contributed by atoms with E-state index in [4.69, 9.17) is 4.74 Å². The number of halogens is 2. The van der Waals surface area contributed by atoms with Gasteiger partial charge in [-0.25, -0.2) is 8.78 Å². The zero-order valence-electron chi connectivity index (χ0n) is 10.9. The Hall–Kier alpha value is -1.49. The molecular weight excluding hydrogens is 240 g/mol. The van der Waals surface area contributed by atoms with Crippen LogP contribution in [0.25, 0.3) is 0 Å². The highest BCUT2D eigenvalue weighted by Gasteiger charge is 2.31. The van der Waals surface area contributed by atoms with Crippen LogP contribution in [-0.2, 0) is 5.92 Å². The molecule has 0 aliphatic carbocycles. The van der Waals surface area contributed by atoms with Crippen molar-refractivity contribution in [3.8, 4) is 5.75 Å². The van der Waals surface area contributed by atoms with Gasteiger partial charge in [0.25, 0.3) is 5.92 Å². The van der Waals surface area contributed by atoms with Gasteiger partial charge in [0, 0.05) is 6.92 Å². The van der Waals surface area contributed by atoms with Crippen LogP contribution in [0.4, 0.5) is 8.78 Å². The molecule has 0 unspecified atom stereocenters. The summed E-state index contributed by atoms with van der Waals surface area (Å²) in [5, 5.41) is 2.71. The number of likely N-dealkylation sites (N-methyl/N-ethyl adjacent to an activating group) is 1. The van der Waals surface area contributed by atoms with Crippen LogP contribution in [0.2, 0.25) is 0 Å². The Morgan fingerprint density at radius 2 is 2.06 bits per heavy atom. The molecule has 0 aromatic heterocycles. The molecule has 1 N–H and O–H groups in total. The Morgan fingerprint density at radius 3 is 2.50 bits per heavy atom. The van der Waals surface area contributed by atoms with Crippen molar-refractivity contribution in [2.75, 3.05) is 20.7 Å². The fourth-order valence-corrected chi connectivity index (χ4v) is 1.83. The van der Waals surface area contributed by atoms with Gasteiger partial charge < -0.3 is 10.1 Å². The molecule has 0 saturated carbocycles. The summed E-state index contributed by atoms with van der Waals surface area (Å²) in [7, 11) is 2.91. The van der Waals surface area contributed by atoms with E-state index in [1.54, 1.807) is 14.0 Å². The molecule has 18 heavy (non-hydrogen) atoms. The molecule has 1 aromatic carbocycles. The van der Waals surface area contributed by atoms with Crippen molar-refractivity contribution in [3.05, 3.63) is 28.8 Å². The lowest BCUT2D eigenvalue weighted by Crippen LogP contribution is -2.21. The molecule has 0 atom stereocenters. The van der Waals surface area contributed by atoms with Gasteiger partial charge in [0.2, 0.25) is 0 Å². The van der Waals surface area contributed by atoms with Gasteiger partial charge >= 0.3 is 0 Å². The van der Waals surface area contributed by atoms with Crippen molar-refractivity contribution in [3.63, 3.8) is 0 Å². The number of aryl methyl sites for hydroxylation is 1. The molecule has 100 valence electrons. The van der Waals surface area contributed by atoms with Crippen LogP contribution in [0, 0.1) is 6.92 Å². The van der Waals surface area contributed by atoms with Crippen molar-refractivity contribution in [2.45, 2.75) is 19.8 Å². The van der Waals surface area contributed by atoms with Crippen LogP contribution in [-0.4, -0.2) is 26.5 Å². The lowest BCUT2D eigenvalue weighted by Gasteiger charge is -2.19. The first kappa shape index (κ1) is 14.6. The Bertz CT molecular complexity index is 453. The number of hydrogen-bond acceptors (Lipinski definition) is 3. The fraction of sp³-hybridized carbons (Fsp3) is 0.462. The van der Waals surface area contributed by atoms with Gasteiger partial charge in [-0.05, 0) is 25.6 Å². The summed E-state index contributed by atoms with van der Waals surface area (Å²) in [5.74, 6) is -3.35. The van der Waals surface area contributed by atoms with E-state index in [1.807, 2.05) is 0 Å². The van der Waals surface area contributed by atoms with Crippen molar-refractivity contribution in [2.24, 2.45) is 0 Å². The molecule has 0 spiro atoms. The van der Waals surface area contributed by atoms with E-state index < -0.39 is 5.92 Å². The average Bonchev–Trinajstić information content (AvgIpc) is 2.26. The third-order valence-electron chi connectivity index (χ3n) is 2.66. The second-order valence-electron chi connectivity index (χ2n) is 4.18. The Balaban J connectivity index is 3.44. The van der Waals surface area contributed by atoms with Gasteiger partial charge in [0.1, 0.15) is 5.75 Å². The molecule has 5 heteroatoms. The molecular formula is C13H17F2NO2. The highest BCUT2D eigenvalue weighted by atomic mass is 19.3. The molecule has 0 aliphatic heterocycles. The molecule has 0 radical (unpaired) electrons. The zero-order chi connectivity index (χ0) is 13.9. The molecule has 1 aromatic rings. The largest absolute Gasteiger partial charge is 0.495 e. The van der Waals surface area contributed by atoms with E-state index in [0.717, 1.165) is 6.92 Å². The molecule has 0 saturated heterocycles. The van der Waals surface area contributed by atoms with Crippen LogP contribution in [0.1, 0.15) is 28.4 Å². The van der Waals surface area contributed by atoms with Crippen LogP contribution in [0.15, 0.2) is 12.1 Å². The Morgan fingerprint density at radius 1 is 1.44 bits per heavy atom. The van der Waals surface area contributed by atoms with Gasteiger partial charge in [-0.3, -0.25) is 4.79 Å². The number of carbonyl (C=O) groups is 1. The Kier molecular flexibility index (Phi) is 4.40. The van der Waals surface area contributed by atoms with E-state index in [0.29, 0.717) is 5.56 Å². The van der Waals surface area contributed by atoms with Gasteiger partial charge in [-0.15, -0.1) is 0 Å². The highest BCUT2D eigenvalue weighted by molar-refractivity contribution is 6.01. The van der Waals surface area contributed by atoms with Crippen molar-refractivity contribution >= 4 is 5.78 Å². The third-order valence-corrected chi connectivity index (χ3v) is 2.66. The number of alkyl halides is 2. The molecule has 3 nitrogen and oxygen atoms in total. The summed E-state index contributed by atoms with van der Waals surface area (Å²) in [5.41, 5.74) is 0.570. The minimum atomic E-state index is -3.05. The number of carbonyl (C=O) groups excluding carboxylic acids is 1. The van der Waals surface area contributed by atoms with E-state index >= 15 is 0 Å². The maximum absolute atomic E-state index is 13.5. The lowest BCUT2D eigenvalue weighted by molar-refractivity contribution is 0.0150. The van der Waals surface area contributed by atoms with E-state index in [-0.39, 0.29) is 29.2 Å². The molecule has 0 amide bonds. The number of hydrogen-bond donors (Lipinski definition) is 1. The summed E-state index contributed by atoms with van der Waals surface area (Å²) in [6.07, 6.45) is 0. The Labute approximate surface area is 105 Å². The topological polar surface area (TPSA) is 38.3 Å². The summed E-state index contributed by atoms with van der Waals surface area (Å²) >= 11 is 0. The lowest BCUT2D eigenvalue weighted by atomic mass is 9.97. The molecule has 0 fully saturated rings. The third kappa shape index (κ3) is 2.85. The second kappa shape index (κ2) is 5.44. The number of methoxy groups -OCH3 is 1. The SMILES string of the molecule is CNCC(=O)c1c(C)ccc(C(C)(F)F)c1OC. The molecule has 1 rings (SSSR count). The maximum Gasteiger partial charge on any atom is 0.274 e. The smallest absolute Gasteiger partial charge is 0.274 e. The molecule has 0 heterocycles. The minimum absolute atomic E-state index is 0.0391. The second-order valence-corrected chi connectivity index (χ2v) is 4.18. The van der Waals surface area contributed by atoms with E-state index in [1.165, 1.54) is 19.2 Å². The molecule has 0 aliphatic rings. The van der Waals surface area contributed by atoms with Gasteiger partial charge in [0.05, 0.1) is 24.8 Å². The number of Topliss-reactive ketones (excluding diaryl/α,β-unsaturated/α-hetero) is 1. The van der Waals surface area contributed by atoms with Gasteiger partial charge in [-0.1, -0.05) is 6.07 Å². The standard InChI is InChI=1S/C13H17F2NO2/c1-8-5-6-9(13(2,14)15)12(18-4)11(8)10(17)7-16-3/h5-6,16H,7H2,1-4H3. The predicted molar refractivity (Wildman–Crippen MR) is 65.6 cm³/mol. The maximum atomic E-state index is 13.5. The molecule has 0 bridgehead atoms. The number of ether oxygens (including phenoxy) is 1. The van der Waals surface area contributed by atoms with E-state index in [9.17, 15) is 13.6 Å². The minimum Gasteiger partial charge on any atom is -0.495 e. The number of ketones is 1. The van der Waals surface area contributed by atoms with Gasteiger partial charge in [-0.2, -0.15) is 0 Å². The number of rotatable bonds is 5. The normalized spacial score (nSPS) is 11.4. The highest BCUT2D eigenvalue weighted by Crippen LogP contribution is 2.38. The van der Waals surface area contributed by atoms with Crippen molar-refractivity contribution in [1.29, 1.82) is 0 Å². The summed E-state index contributed by atoms with van der Waals surface area (Å²) in [4.78, 5) is 11.9. The average molecular weight is 257 g/mol. The number of nitrogens with one attached hydrogen (secondary N) is 1. The van der Waals surface area contributed by atoms with Crippen molar-refractivity contribution < 1.29 is 18.3 Å². The van der Waals surface area contributed by atoms with Crippen LogP contribution < -0.4 is 10.1 Å². The number of benzene rings is 1. The first-order valence-corrected chi connectivity index (χ1v) is 5.56. The van der Waals surface area contributed by atoms with Crippen LogP contribution in [0.5, 0.6) is 5.75 Å². The van der Waals surface area contributed by atoms with E-state index in [2.05, 4.69) is 5.32 Å². The summed E-state index contributed by atoms with van der Waals surface area (Å²) in [6, 6.07) is 2.81. The van der Waals surface area contributed by atoms with Crippen molar-refractivity contribution in [1.82, 2.24) is 5.32 Å². The fourth-order valence-electron chi connectivity index (χ4n) is 1.83. The van der Waals surface area contributed by atoms with Gasteiger partial charge in [0.15, 0.2) is 5.78 Å². The zero-order valence-corrected chi connectivity index (χ0v) is 10.9. The monoisotopic (exact) mass is 257 g/mol. The first-order chi connectivity index (χ1) is 8.32.